The van der Waals surface area contributed by atoms with Gasteiger partial charge in [0.1, 0.15) is 9.71 Å². The summed E-state index contributed by atoms with van der Waals surface area (Å²) in [6, 6.07) is -0.116. The first-order chi connectivity index (χ1) is 12.4. The summed E-state index contributed by atoms with van der Waals surface area (Å²) in [5, 5.41) is 12.0. The molecule has 3 heterocycles. The fourth-order valence-corrected chi connectivity index (χ4v) is 3.99. The SMILES string of the molecule is CCCOC(=O)N1CCC(NC(=O)c2sc3nnc(C)c(C)c3c2N)C1. The Hall–Kier alpha value is -2.42. The van der Waals surface area contributed by atoms with Gasteiger partial charge in [0.2, 0.25) is 0 Å². The second-order valence-corrected chi connectivity index (χ2v) is 7.45. The number of carbonyl (C=O) groups excluding carboxylic acids is 2. The number of nitrogens with one attached hydrogen (secondary N) is 1. The zero-order valence-corrected chi connectivity index (χ0v) is 16.0. The molecule has 1 aliphatic heterocycles. The van der Waals surface area contributed by atoms with Crippen LogP contribution < -0.4 is 11.1 Å². The number of hydrogen-bond donors (Lipinski definition) is 2. The molecular weight excluding hydrogens is 354 g/mol. The predicted octanol–water partition coefficient (Wildman–Crippen LogP) is 2.24. The van der Waals surface area contributed by atoms with Crippen molar-refractivity contribution in [3.63, 3.8) is 0 Å². The van der Waals surface area contributed by atoms with E-state index in [0.717, 1.165) is 23.1 Å². The molecule has 9 heteroatoms. The molecule has 1 saturated heterocycles. The van der Waals surface area contributed by atoms with Crippen LogP contribution in [0.5, 0.6) is 0 Å². The Morgan fingerprint density at radius 2 is 2.15 bits per heavy atom. The highest BCUT2D eigenvalue weighted by atomic mass is 32.1. The summed E-state index contributed by atoms with van der Waals surface area (Å²) in [5.41, 5.74) is 8.39. The molecule has 0 bridgehead atoms. The molecule has 3 N–H and O–H groups in total. The van der Waals surface area contributed by atoms with E-state index in [9.17, 15) is 9.59 Å². The maximum Gasteiger partial charge on any atom is 0.409 e. The van der Waals surface area contributed by atoms with Crippen LogP contribution in [0.2, 0.25) is 0 Å². The molecule has 0 spiro atoms. The van der Waals surface area contributed by atoms with Gasteiger partial charge in [-0.1, -0.05) is 6.92 Å². The zero-order chi connectivity index (χ0) is 18.8. The molecule has 1 fully saturated rings. The van der Waals surface area contributed by atoms with Gasteiger partial charge in [0.05, 0.1) is 18.0 Å². The van der Waals surface area contributed by atoms with Gasteiger partial charge in [-0.3, -0.25) is 4.79 Å². The summed E-state index contributed by atoms with van der Waals surface area (Å²) in [6.07, 6.45) is 1.15. The fourth-order valence-electron chi connectivity index (χ4n) is 2.98. The Balaban J connectivity index is 1.70. The van der Waals surface area contributed by atoms with E-state index in [1.54, 1.807) is 4.90 Å². The summed E-state index contributed by atoms with van der Waals surface area (Å²) in [7, 11) is 0. The lowest BCUT2D eigenvalue weighted by atomic mass is 10.1. The van der Waals surface area contributed by atoms with E-state index in [4.69, 9.17) is 10.5 Å². The van der Waals surface area contributed by atoms with Gasteiger partial charge in [-0.2, -0.15) is 5.10 Å². The first-order valence-corrected chi connectivity index (χ1v) is 9.48. The van der Waals surface area contributed by atoms with Crippen molar-refractivity contribution >= 4 is 39.2 Å². The minimum Gasteiger partial charge on any atom is -0.449 e. The molecule has 0 radical (unpaired) electrons. The summed E-state index contributed by atoms with van der Waals surface area (Å²) in [5.74, 6) is -0.240. The number of nitrogens with two attached hydrogens (primary N) is 1. The Kier molecular flexibility index (Phi) is 5.26. The van der Waals surface area contributed by atoms with Gasteiger partial charge in [0.25, 0.3) is 5.91 Å². The minimum atomic E-state index is -0.327. The Morgan fingerprint density at radius 1 is 1.38 bits per heavy atom. The number of fused-ring (bicyclic) bond motifs is 1. The van der Waals surface area contributed by atoms with Crippen LogP contribution in [0.15, 0.2) is 0 Å². The van der Waals surface area contributed by atoms with E-state index in [1.165, 1.54) is 11.3 Å². The molecule has 0 aliphatic carbocycles. The van der Waals surface area contributed by atoms with Crippen molar-refractivity contribution in [2.75, 3.05) is 25.4 Å². The van der Waals surface area contributed by atoms with Gasteiger partial charge < -0.3 is 20.7 Å². The van der Waals surface area contributed by atoms with Crippen LogP contribution >= 0.6 is 11.3 Å². The number of thiophene rings is 1. The number of carbonyl (C=O) groups is 2. The van der Waals surface area contributed by atoms with Gasteiger partial charge in [-0.15, -0.1) is 16.4 Å². The molecule has 1 unspecified atom stereocenters. The van der Waals surface area contributed by atoms with Gasteiger partial charge in [0.15, 0.2) is 0 Å². The molecule has 0 aromatic carbocycles. The highest BCUT2D eigenvalue weighted by Gasteiger charge is 2.29. The number of nitrogens with zero attached hydrogens (tertiary/aromatic N) is 3. The highest BCUT2D eigenvalue weighted by Crippen LogP contribution is 2.34. The van der Waals surface area contributed by atoms with Crippen molar-refractivity contribution < 1.29 is 14.3 Å². The van der Waals surface area contributed by atoms with E-state index >= 15 is 0 Å². The largest absolute Gasteiger partial charge is 0.449 e. The van der Waals surface area contributed by atoms with E-state index in [0.29, 0.717) is 41.5 Å². The van der Waals surface area contributed by atoms with E-state index in [2.05, 4.69) is 15.5 Å². The fraction of sp³-hybridized carbons (Fsp3) is 0.529. The second-order valence-electron chi connectivity index (χ2n) is 6.45. The maximum absolute atomic E-state index is 12.7. The van der Waals surface area contributed by atoms with Crippen LogP contribution in [-0.2, 0) is 4.74 Å². The number of aromatic nitrogens is 2. The average Bonchev–Trinajstić information content (AvgIpc) is 3.21. The van der Waals surface area contributed by atoms with Gasteiger partial charge in [-0.25, -0.2) is 4.79 Å². The number of ether oxygens (including phenoxy) is 1. The quantitative estimate of drug-likeness (QED) is 0.845. The number of amides is 2. The molecule has 1 atom stereocenters. The molecule has 140 valence electrons. The smallest absolute Gasteiger partial charge is 0.409 e. The van der Waals surface area contributed by atoms with Crippen LogP contribution in [0.4, 0.5) is 10.5 Å². The van der Waals surface area contributed by atoms with Crippen molar-refractivity contribution in [1.82, 2.24) is 20.4 Å². The molecule has 2 amide bonds. The highest BCUT2D eigenvalue weighted by molar-refractivity contribution is 7.21. The lowest BCUT2D eigenvalue weighted by Crippen LogP contribution is -2.38. The zero-order valence-electron chi connectivity index (χ0n) is 15.2. The standard InChI is InChI=1S/C17H23N5O3S/c1-4-7-25-17(24)22-6-5-11(8-22)19-15(23)14-13(18)12-9(2)10(3)20-21-16(12)26-14/h11H,4-8,18H2,1-3H3,(H,19,23). The van der Waals surface area contributed by atoms with Gasteiger partial charge in [-0.05, 0) is 32.3 Å². The second kappa shape index (κ2) is 7.45. The summed E-state index contributed by atoms with van der Waals surface area (Å²) in [6.45, 7) is 7.15. The Morgan fingerprint density at radius 3 is 2.88 bits per heavy atom. The first-order valence-electron chi connectivity index (χ1n) is 8.66. The van der Waals surface area contributed by atoms with Crippen molar-refractivity contribution in [1.29, 1.82) is 0 Å². The molecular formula is C17H23N5O3S. The lowest BCUT2D eigenvalue weighted by molar-refractivity contribution is 0.0932. The predicted molar refractivity (Wildman–Crippen MR) is 100 cm³/mol. The molecule has 0 saturated carbocycles. The Labute approximate surface area is 155 Å². The van der Waals surface area contributed by atoms with Gasteiger partial charge in [0, 0.05) is 24.5 Å². The molecule has 1 aliphatic rings. The normalized spacial score (nSPS) is 16.9. The Bertz CT molecular complexity index is 851. The molecule has 3 rings (SSSR count). The molecule has 8 nitrogen and oxygen atoms in total. The summed E-state index contributed by atoms with van der Waals surface area (Å²) >= 11 is 1.24. The topological polar surface area (TPSA) is 110 Å². The van der Waals surface area contributed by atoms with E-state index in [-0.39, 0.29) is 18.0 Å². The van der Waals surface area contributed by atoms with E-state index < -0.39 is 0 Å². The number of nitrogen functional groups attached to an aromatic ring is 1. The first kappa shape index (κ1) is 18.4. The average molecular weight is 377 g/mol. The van der Waals surface area contributed by atoms with Crippen LogP contribution in [-0.4, -0.2) is 52.8 Å². The minimum absolute atomic E-state index is 0.116. The van der Waals surface area contributed by atoms with Crippen LogP contribution in [0.1, 0.15) is 40.7 Å². The van der Waals surface area contributed by atoms with E-state index in [1.807, 2.05) is 20.8 Å². The third kappa shape index (κ3) is 3.44. The van der Waals surface area contributed by atoms with Crippen molar-refractivity contribution in [3.8, 4) is 0 Å². The molecule has 2 aromatic heterocycles. The third-order valence-electron chi connectivity index (χ3n) is 4.55. The molecule has 26 heavy (non-hydrogen) atoms. The van der Waals surface area contributed by atoms with Crippen LogP contribution in [0.25, 0.3) is 10.2 Å². The number of rotatable bonds is 4. The molecule has 2 aromatic rings. The van der Waals surface area contributed by atoms with Crippen LogP contribution in [0.3, 0.4) is 0 Å². The number of anilines is 1. The number of hydrogen-bond acceptors (Lipinski definition) is 7. The lowest BCUT2D eigenvalue weighted by Gasteiger charge is -2.16. The third-order valence-corrected chi connectivity index (χ3v) is 5.64. The van der Waals surface area contributed by atoms with Crippen molar-refractivity contribution in [2.45, 2.75) is 39.7 Å². The van der Waals surface area contributed by atoms with Gasteiger partial charge >= 0.3 is 6.09 Å². The van der Waals surface area contributed by atoms with Crippen molar-refractivity contribution in [3.05, 3.63) is 16.1 Å². The van der Waals surface area contributed by atoms with Crippen molar-refractivity contribution in [2.24, 2.45) is 0 Å². The number of likely N-dealkylation sites (tertiary alicyclic amines) is 1. The van der Waals surface area contributed by atoms with Crippen LogP contribution in [0, 0.1) is 13.8 Å². The summed E-state index contributed by atoms with van der Waals surface area (Å²) in [4.78, 5) is 27.3. The monoisotopic (exact) mass is 377 g/mol. The number of aryl methyl sites for hydroxylation is 2. The maximum atomic E-state index is 12.7. The summed E-state index contributed by atoms with van der Waals surface area (Å²) < 4.78 is 5.14.